The molecule has 0 spiro atoms. The summed E-state index contributed by atoms with van der Waals surface area (Å²) in [6.07, 6.45) is 7.60. The van der Waals surface area contributed by atoms with Crippen molar-refractivity contribution in [3.63, 3.8) is 0 Å². The first-order chi connectivity index (χ1) is 12.4. The van der Waals surface area contributed by atoms with E-state index in [9.17, 15) is 9.59 Å². The fourth-order valence-electron chi connectivity index (χ4n) is 2.49. The normalized spacial score (nSPS) is 11.9. The summed E-state index contributed by atoms with van der Waals surface area (Å²) in [7, 11) is 0. The van der Waals surface area contributed by atoms with Crippen molar-refractivity contribution >= 4 is 35.0 Å². The molecule has 0 aliphatic heterocycles. The number of hydrogen-bond donors (Lipinski definition) is 0. The SMILES string of the molecule is CCCCN(CCCC)C(=O)C(Cl)=C(Cl)C(=O)N(CCCC)CCCC. The van der Waals surface area contributed by atoms with E-state index >= 15 is 0 Å². The fourth-order valence-corrected chi connectivity index (χ4v) is 2.89. The van der Waals surface area contributed by atoms with E-state index < -0.39 is 0 Å². The van der Waals surface area contributed by atoms with Crippen molar-refractivity contribution in [3.8, 4) is 0 Å². The lowest BCUT2D eigenvalue weighted by Gasteiger charge is -2.24. The molecule has 0 aromatic rings. The van der Waals surface area contributed by atoms with Crippen LogP contribution in [0.1, 0.15) is 79.1 Å². The molecule has 0 N–H and O–H groups in total. The molecule has 152 valence electrons. The Kier molecular flexibility index (Phi) is 14.9. The van der Waals surface area contributed by atoms with Crippen LogP contribution in [0.4, 0.5) is 0 Å². The van der Waals surface area contributed by atoms with E-state index in [0.717, 1.165) is 51.4 Å². The molecule has 0 aliphatic rings. The molecule has 0 saturated carbocycles. The summed E-state index contributed by atoms with van der Waals surface area (Å²) >= 11 is 12.5. The molecule has 0 rings (SSSR count). The summed E-state index contributed by atoms with van der Waals surface area (Å²) in [6.45, 7) is 10.9. The predicted molar refractivity (Wildman–Crippen MR) is 112 cm³/mol. The minimum atomic E-state index is -0.335. The molecular weight excluding hydrogens is 371 g/mol. The van der Waals surface area contributed by atoms with E-state index in [1.165, 1.54) is 0 Å². The highest BCUT2D eigenvalue weighted by molar-refractivity contribution is 6.53. The van der Waals surface area contributed by atoms with Crippen LogP contribution in [0.3, 0.4) is 0 Å². The van der Waals surface area contributed by atoms with Gasteiger partial charge >= 0.3 is 0 Å². The van der Waals surface area contributed by atoms with E-state index in [2.05, 4.69) is 27.7 Å². The number of rotatable bonds is 14. The van der Waals surface area contributed by atoms with Crippen molar-refractivity contribution in [2.24, 2.45) is 0 Å². The molecule has 6 heteroatoms. The molecule has 26 heavy (non-hydrogen) atoms. The lowest BCUT2D eigenvalue weighted by Crippen LogP contribution is -2.36. The molecule has 0 bridgehead atoms. The monoisotopic (exact) mass is 406 g/mol. The van der Waals surface area contributed by atoms with Gasteiger partial charge in [-0.25, -0.2) is 0 Å². The fraction of sp³-hybridized carbons (Fsp3) is 0.800. The highest BCUT2D eigenvalue weighted by Crippen LogP contribution is 2.21. The van der Waals surface area contributed by atoms with Gasteiger partial charge in [-0.1, -0.05) is 76.6 Å². The van der Waals surface area contributed by atoms with Crippen LogP contribution in [0.15, 0.2) is 10.1 Å². The van der Waals surface area contributed by atoms with Crippen LogP contribution in [0.5, 0.6) is 0 Å². The quantitative estimate of drug-likeness (QED) is 0.355. The number of carbonyl (C=O) groups is 2. The van der Waals surface area contributed by atoms with E-state index in [1.807, 2.05) is 0 Å². The maximum Gasteiger partial charge on any atom is 0.267 e. The molecule has 0 aliphatic carbocycles. The molecule has 4 nitrogen and oxygen atoms in total. The second-order valence-electron chi connectivity index (χ2n) is 6.63. The van der Waals surface area contributed by atoms with Gasteiger partial charge in [-0.3, -0.25) is 9.59 Å². The number of carbonyl (C=O) groups excluding carboxylic acids is 2. The second-order valence-corrected chi connectivity index (χ2v) is 7.38. The van der Waals surface area contributed by atoms with E-state index in [4.69, 9.17) is 23.2 Å². The summed E-state index contributed by atoms with van der Waals surface area (Å²) in [5.74, 6) is -0.671. The number of hydrogen-bond acceptors (Lipinski definition) is 2. The van der Waals surface area contributed by atoms with Crippen LogP contribution >= 0.6 is 23.2 Å². The smallest absolute Gasteiger partial charge is 0.267 e. The van der Waals surface area contributed by atoms with Gasteiger partial charge in [0.1, 0.15) is 10.1 Å². The molecule has 0 aromatic heterocycles. The van der Waals surface area contributed by atoms with Gasteiger partial charge in [-0.2, -0.15) is 0 Å². The minimum Gasteiger partial charge on any atom is -0.338 e. The van der Waals surface area contributed by atoms with Crippen molar-refractivity contribution in [2.45, 2.75) is 79.1 Å². The standard InChI is InChI=1S/C20H36Cl2N2O2/c1-5-9-13-23(14-10-6-2)19(25)17(21)18(22)20(26)24(15-11-7-3)16-12-8-4/h5-16H2,1-4H3. The number of nitrogens with zero attached hydrogens (tertiary/aromatic N) is 2. The molecule has 0 heterocycles. The lowest BCUT2D eigenvalue weighted by molar-refractivity contribution is -0.129. The molecule has 0 aromatic carbocycles. The molecule has 0 radical (unpaired) electrons. The second kappa shape index (κ2) is 15.3. The zero-order valence-corrected chi connectivity index (χ0v) is 18.5. The van der Waals surface area contributed by atoms with Crippen LogP contribution < -0.4 is 0 Å². The minimum absolute atomic E-state index is 0.151. The Morgan fingerprint density at radius 2 is 0.808 bits per heavy atom. The summed E-state index contributed by atoms with van der Waals surface area (Å²) in [5, 5.41) is -0.302. The Labute approximate surface area is 169 Å². The highest BCUT2D eigenvalue weighted by Gasteiger charge is 2.25. The first kappa shape index (κ1) is 25.3. The zero-order chi connectivity index (χ0) is 19.9. The summed E-state index contributed by atoms with van der Waals surface area (Å²) < 4.78 is 0. The van der Waals surface area contributed by atoms with Gasteiger partial charge in [0.05, 0.1) is 0 Å². The van der Waals surface area contributed by atoms with Gasteiger partial charge in [0.2, 0.25) is 0 Å². The molecule has 0 saturated heterocycles. The van der Waals surface area contributed by atoms with Gasteiger partial charge in [-0.15, -0.1) is 0 Å². The maximum atomic E-state index is 12.7. The number of amides is 2. The third-order valence-electron chi connectivity index (χ3n) is 4.27. The van der Waals surface area contributed by atoms with E-state index in [0.29, 0.717) is 26.2 Å². The molecular formula is C20H36Cl2N2O2. The Balaban J connectivity index is 5.27. The topological polar surface area (TPSA) is 40.6 Å². The van der Waals surface area contributed by atoms with Gasteiger partial charge in [0.25, 0.3) is 11.8 Å². The van der Waals surface area contributed by atoms with Crippen LogP contribution in [-0.4, -0.2) is 47.8 Å². The van der Waals surface area contributed by atoms with Crippen molar-refractivity contribution < 1.29 is 9.59 Å². The zero-order valence-electron chi connectivity index (χ0n) is 17.0. The van der Waals surface area contributed by atoms with E-state index in [-0.39, 0.29) is 21.9 Å². The summed E-state index contributed by atoms with van der Waals surface area (Å²) in [6, 6.07) is 0. The summed E-state index contributed by atoms with van der Waals surface area (Å²) in [5.41, 5.74) is 0. The van der Waals surface area contributed by atoms with Gasteiger partial charge in [0, 0.05) is 26.2 Å². The van der Waals surface area contributed by atoms with Gasteiger partial charge in [0.15, 0.2) is 0 Å². The van der Waals surface area contributed by atoms with Gasteiger partial charge in [-0.05, 0) is 25.7 Å². The largest absolute Gasteiger partial charge is 0.338 e. The predicted octanol–water partition coefficient (Wildman–Crippen LogP) is 5.53. The number of halogens is 2. The molecule has 0 unspecified atom stereocenters. The number of unbranched alkanes of at least 4 members (excludes halogenated alkanes) is 4. The Bertz CT molecular complexity index is 397. The van der Waals surface area contributed by atoms with Gasteiger partial charge < -0.3 is 9.80 Å². The highest BCUT2D eigenvalue weighted by atomic mass is 35.5. The van der Waals surface area contributed by atoms with Crippen LogP contribution in [0.2, 0.25) is 0 Å². The maximum absolute atomic E-state index is 12.7. The van der Waals surface area contributed by atoms with Crippen LogP contribution in [0, 0.1) is 0 Å². The first-order valence-electron chi connectivity index (χ1n) is 10.1. The third-order valence-corrected chi connectivity index (χ3v) is 5.07. The third kappa shape index (κ3) is 9.27. The van der Waals surface area contributed by atoms with Crippen LogP contribution in [0.25, 0.3) is 0 Å². The van der Waals surface area contributed by atoms with Crippen molar-refractivity contribution in [3.05, 3.63) is 10.1 Å². The summed E-state index contributed by atoms with van der Waals surface area (Å²) in [4.78, 5) is 28.9. The van der Waals surface area contributed by atoms with Crippen molar-refractivity contribution in [1.29, 1.82) is 0 Å². The molecule has 0 atom stereocenters. The van der Waals surface area contributed by atoms with Crippen LogP contribution in [-0.2, 0) is 9.59 Å². The van der Waals surface area contributed by atoms with Crippen molar-refractivity contribution in [2.75, 3.05) is 26.2 Å². The average Bonchev–Trinajstić information content (AvgIpc) is 2.66. The first-order valence-corrected chi connectivity index (χ1v) is 10.8. The Morgan fingerprint density at radius 3 is 1.00 bits per heavy atom. The Hall–Kier alpha value is -0.740. The molecule has 2 amide bonds. The average molecular weight is 407 g/mol. The lowest BCUT2D eigenvalue weighted by atomic mass is 10.2. The Morgan fingerprint density at radius 1 is 0.577 bits per heavy atom. The molecule has 0 fully saturated rings. The van der Waals surface area contributed by atoms with Crippen molar-refractivity contribution in [1.82, 2.24) is 9.80 Å². The van der Waals surface area contributed by atoms with E-state index in [1.54, 1.807) is 9.80 Å².